The molecule has 3 nitrogen and oxygen atoms in total. The second kappa shape index (κ2) is 7.54. The molecular formula is C17H18F2N2O. The van der Waals surface area contributed by atoms with Crippen LogP contribution in [0.25, 0.3) is 0 Å². The molecule has 5 heteroatoms. The summed E-state index contributed by atoms with van der Waals surface area (Å²) < 4.78 is 25.6. The molecule has 0 heterocycles. The van der Waals surface area contributed by atoms with Crippen LogP contribution in [0.2, 0.25) is 0 Å². The molecule has 2 aromatic rings. The van der Waals surface area contributed by atoms with Crippen LogP contribution in [0.5, 0.6) is 0 Å². The normalized spacial score (nSPS) is 10.3. The predicted molar refractivity (Wildman–Crippen MR) is 81.4 cm³/mol. The van der Waals surface area contributed by atoms with E-state index in [1.165, 1.54) is 29.2 Å². The lowest BCUT2D eigenvalue weighted by Gasteiger charge is -2.18. The quantitative estimate of drug-likeness (QED) is 0.902. The number of hydrogen-bond donors (Lipinski definition) is 1. The Labute approximate surface area is 128 Å². The van der Waals surface area contributed by atoms with Gasteiger partial charge in [-0.15, -0.1) is 0 Å². The van der Waals surface area contributed by atoms with Gasteiger partial charge in [0.2, 0.25) is 0 Å². The summed E-state index contributed by atoms with van der Waals surface area (Å²) in [5, 5.41) is 2.80. The van der Waals surface area contributed by atoms with Gasteiger partial charge in [-0.2, -0.15) is 0 Å². The first-order valence-electron chi connectivity index (χ1n) is 7.02. The van der Waals surface area contributed by atoms with Gasteiger partial charge in [0.05, 0.1) is 0 Å². The largest absolute Gasteiger partial charge is 0.338 e. The van der Waals surface area contributed by atoms with Crippen LogP contribution in [0, 0.1) is 11.6 Å². The zero-order valence-electron chi connectivity index (χ0n) is 12.4. The summed E-state index contributed by atoms with van der Waals surface area (Å²) in [6, 6.07) is 12.0. The SMILES string of the molecule is CN(Cc1ccc(F)cc1)C(=O)NCCc1ccc(F)cc1. The van der Waals surface area contributed by atoms with Crippen LogP contribution in [-0.2, 0) is 13.0 Å². The molecule has 0 bridgehead atoms. The van der Waals surface area contributed by atoms with E-state index >= 15 is 0 Å². The Hall–Kier alpha value is -2.43. The summed E-state index contributed by atoms with van der Waals surface area (Å²) in [7, 11) is 1.68. The third-order valence-electron chi connectivity index (χ3n) is 3.28. The number of amides is 2. The Bertz CT molecular complexity index is 612. The van der Waals surface area contributed by atoms with E-state index in [0.717, 1.165) is 11.1 Å². The van der Waals surface area contributed by atoms with Gasteiger partial charge in [-0.25, -0.2) is 13.6 Å². The fraction of sp³-hybridized carbons (Fsp3) is 0.235. The van der Waals surface area contributed by atoms with Crippen LogP contribution >= 0.6 is 0 Å². The summed E-state index contributed by atoms with van der Waals surface area (Å²) >= 11 is 0. The second-order valence-corrected chi connectivity index (χ2v) is 5.09. The Kier molecular flexibility index (Phi) is 5.47. The summed E-state index contributed by atoms with van der Waals surface area (Å²) in [6.07, 6.45) is 0.635. The van der Waals surface area contributed by atoms with E-state index in [9.17, 15) is 13.6 Å². The van der Waals surface area contributed by atoms with Gasteiger partial charge in [0.15, 0.2) is 0 Å². The van der Waals surface area contributed by atoms with E-state index in [1.54, 1.807) is 31.3 Å². The average Bonchev–Trinajstić information content (AvgIpc) is 2.51. The molecule has 0 aliphatic heterocycles. The lowest BCUT2D eigenvalue weighted by Crippen LogP contribution is -2.37. The third-order valence-corrected chi connectivity index (χ3v) is 3.28. The van der Waals surface area contributed by atoms with Crippen LogP contribution in [0.15, 0.2) is 48.5 Å². The minimum absolute atomic E-state index is 0.202. The van der Waals surface area contributed by atoms with Gasteiger partial charge in [0, 0.05) is 20.1 Å². The number of rotatable bonds is 5. The van der Waals surface area contributed by atoms with Gasteiger partial charge in [-0.3, -0.25) is 0 Å². The smallest absolute Gasteiger partial charge is 0.317 e. The number of nitrogens with one attached hydrogen (secondary N) is 1. The third kappa shape index (κ3) is 4.84. The molecule has 0 spiro atoms. The summed E-state index contributed by atoms with van der Waals surface area (Å²) in [4.78, 5) is 13.5. The highest BCUT2D eigenvalue weighted by Gasteiger charge is 2.08. The molecule has 0 radical (unpaired) electrons. The zero-order valence-corrected chi connectivity index (χ0v) is 12.4. The highest BCUT2D eigenvalue weighted by molar-refractivity contribution is 5.73. The molecule has 0 unspecified atom stereocenters. The van der Waals surface area contributed by atoms with Gasteiger partial charge in [-0.1, -0.05) is 24.3 Å². The molecule has 2 rings (SSSR count). The minimum Gasteiger partial charge on any atom is -0.338 e. The fourth-order valence-electron chi connectivity index (χ4n) is 2.04. The minimum atomic E-state index is -0.296. The molecule has 0 aliphatic rings. The number of carbonyl (C=O) groups is 1. The maximum atomic E-state index is 12.8. The van der Waals surface area contributed by atoms with Gasteiger partial charge in [0.1, 0.15) is 11.6 Å². The van der Waals surface area contributed by atoms with Crippen molar-refractivity contribution in [1.82, 2.24) is 10.2 Å². The Morgan fingerprint density at radius 1 is 0.955 bits per heavy atom. The maximum Gasteiger partial charge on any atom is 0.317 e. The Balaban J connectivity index is 1.76. The van der Waals surface area contributed by atoms with Crippen molar-refractivity contribution in [1.29, 1.82) is 0 Å². The van der Waals surface area contributed by atoms with Crippen molar-refractivity contribution in [2.24, 2.45) is 0 Å². The first-order valence-corrected chi connectivity index (χ1v) is 7.02. The number of urea groups is 1. The van der Waals surface area contributed by atoms with Gasteiger partial charge < -0.3 is 10.2 Å². The molecule has 22 heavy (non-hydrogen) atoms. The summed E-state index contributed by atoms with van der Waals surface area (Å²) in [5.74, 6) is -0.568. The number of nitrogens with zero attached hydrogens (tertiary/aromatic N) is 1. The lowest BCUT2D eigenvalue weighted by molar-refractivity contribution is 0.207. The number of carbonyl (C=O) groups excluding carboxylic acids is 1. The van der Waals surface area contributed by atoms with Crippen LogP contribution in [0.4, 0.5) is 13.6 Å². The first-order chi connectivity index (χ1) is 10.5. The monoisotopic (exact) mass is 304 g/mol. The van der Waals surface area contributed by atoms with E-state index in [4.69, 9.17) is 0 Å². The van der Waals surface area contributed by atoms with E-state index in [1.807, 2.05) is 0 Å². The van der Waals surface area contributed by atoms with Gasteiger partial charge in [-0.05, 0) is 41.8 Å². The van der Waals surface area contributed by atoms with E-state index in [0.29, 0.717) is 19.5 Å². The zero-order chi connectivity index (χ0) is 15.9. The molecule has 0 saturated carbocycles. The van der Waals surface area contributed by atoms with E-state index < -0.39 is 0 Å². The number of halogens is 2. The molecule has 2 amide bonds. The molecular weight excluding hydrogens is 286 g/mol. The van der Waals surface area contributed by atoms with Crippen molar-refractivity contribution in [3.05, 3.63) is 71.3 Å². The van der Waals surface area contributed by atoms with Crippen molar-refractivity contribution in [2.45, 2.75) is 13.0 Å². The Morgan fingerprint density at radius 3 is 2.00 bits per heavy atom. The van der Waals surface area contributed by atoms with Gasteiger partial charge >= 0.3 is 6.03 Å². The molecule has 2 aromatic carbocycles. The lowest BCUT2D eigenvalue weighted by atomic mass is 10.1. The topological polar surface area (TPSA) is 32.3 Å². The highest BCUT2D eigenvalue weighted by atomic mass is 19.1. The predicted octanol–water partition coefficient (Wildman–Crippen LogP) is 3.35. The van der Waals surface area contributed by atoms with Crippen molar-refractivity contribution in [3.63, 3.8) is 0 Å². The first kappa shape index (κ1) is 15.9. The number of hydrogen-bond acceptors (Lipinski definition) is 1. The van der Waals surface area contributed by atoms with E-state index in [-0.39, 0.29) is 17.7 Å². The molecule has 0 aromatic heterocycles. The second-order valence-electron chi connectivity index (χ2n) is 5.09. The van der Waals surface area contributed by atoms with Crippen LogP contribution in [0.3, 0.4) is 0 Å². The van der Waals surface area contributed by atoms with E-state index in [2.05, 4.69) is 5.32 Å². The molecule has 0 atom stereocenters. The fourth-order valence-corrected chi connectivity index (χ4v) is 2.04. The molecule has 1 N–H and O–H groups in total. The molecule has 0 fully saturated rings. The van der Waals surface area contributed by atoms with Gasteiger partial charge in [0.25, 0.3) is 0 Å². The van der Waals surface area contributed by atoms with Crippen molar-refractivity contribution in [3.8, 4) is 0 Å². The van der Waals surface area contributed by atoms with Crippen molar-refractivity contribution < 1.29 is 13.6 Å². The summed E-state index contributed by atoms with van der Waals surface area (Å²) in [5.41, 5.74) is 1.82. The standard InChI is InChI=1S/C17H18F2N2O/c1-21(12-14-4-8-16(19)9-5-14)17(22)20-11-10-13-2-6-15(18)7-3-13/h2-9H,10-12H2,1H3,(H,20,22). The van der Waals surface area contributed by atoms with Crippen molar-refractivity contribution >= 4 is 6.03 Å². The Morgan fingerprint density at radius 2 is 1.45 bits per heavy atom. The number of benzene rings is 2. The van der Waals surface area contributed by atoms with Crippen LogP contribution in [-0.4, -0.2) is 24.5 Å². The summed E-state index contributed by atoms with van der Waals surface area (Å²) in [6.45, 7) is 0.876. The maximum absolute atomic E-state index is 12.8. The average molecular weight is 304 g/mol. The molecule has 0 aliphatic carbocycles. The molecule has 116 valence electrons. The van der Waals surface area contributed by atoms with Crippen LogP contribution in [0.1, 0.15) is 11.1 Å². The highest BCUT2D eigenvalue weighted by Crippen LogP contribution is 2.06. The van der Waals surface area contributed by atoms with Crippen LogP contribution < -0.4 is 5.32 Å². The molecule has 0 saturated heterocycles. The van der Waals surface area contributed by atoms with Crippen molar-refractivity contribution in [2.75, 3.05) is 13.6 Å².